The number of allylic oxidation sites excluding steroid dienone is 1. The number of methoxy groups -OCH3 is 1. The fourth-order valence-corrected chi connectivity index (χ4v) is 2.82. The van der Waals surface area contributed by atoms with Gasteiger partial charge in [0.1, 0.15) is 11.6 Å². The van der Waals surface area contributed by atoms with Crippen LogP contribution in [-0.4, -0.2) is 31.5 Å². The number of nitrogens with one attached hydrogen (secondary N) is 2. The van der Waals surface area contributed by atoms with E-state index in [1.165, 1.54) is 31.4 Å². The number of hydrogen-bond donors (Lipinski definition) is 2. The SMILES string of the molecule is COC(=O)C1=C(C)NC(=O)C1=Cc1ccc(OCC(=O)Nc2ccc(F)cc2)cc1. The Bertz CT molecular complexity index is 1040. The van der Waals surface area contributed by atoms with E-state index in [1.54, 1.807) is 37.3 Å². The van der Waals surface area contributed by atoms with Crippen molar-refractivity contribution in [3.8, 4) is 5.75 Å². The number of halogens is 1. The summed E-state index contributed by atoms with van der Waals surface area (Å²) in [5, 5.41) is 5.20. The van der Waals surface area contributed by atoms with E-state index in [-0.39, 0.29) is 23.7 Å². The smallest absolute Gasteiger partial charge is 0.340 e. The first-order valence-corrected chi connectivity index (χ1v) is 8.98. The summed E-state index contributed by atoms with van der Waals surface area (Å²) in [6.07, 6.45) is 1.57. The molecule has 2 aromatic carbocycles. The maximum Gasteiger partial charge on any atom is 0.340 e. The maximum absolute atomic E-state index is 12.9. The summed E-state index contributed by atoms with van der Waals surface area (Å²) in [7, 11) is 1.25. The first-order valence-electron chi connectivity index (χ1n) is 8.98. The van der Waals surface area contributed by atoms with Gasteiger partial charge in [-0.25, -0.2) is 9.18 Å². The summed E-state index contributed by atoms with van der Waals surface area (Å²) in [6.45, 7) is 1.40. The molecule has 2 N–H and O–H groups in total. The summed E-state index contributed by atoms with van der Waals surface area (Å²) in [5.41, 5.74) is 1.98. The number of carbonyl (C=O) groups is 3. The molecular formula is C22H19FN2O5. The molecule has 0 saturated carbocycles. The zero-order valence-electron chi connectivity index (χ0n) is 16.3. The van der Waals surface area contributed by atoms with E-state index in [4.69, 9.17) is 9.47 Å². The molecule has 0 atom stereocenters. The van der Waals surface area contributed by atoms with Gasteiger partial charge >= 0.3 is 5.97 Å². The largest absolute Gasteiger partial charge is 0.484 e. The van der Waals surface area contributed by atoms with Gasteiger partial charge < -0.3 is 20.1 Å². The Morgan fingerprint density at radius 3 is 2.40 bits per heavy atom. The van der Waals surface area contributed by atoms with Crippen molar-refractivity contribution in [3.05, 3.63) is 76.8 Å². The fraction of sp³-hybridized carbons (Fsp3) is 0.136. The van der Waals surface area contributed by atoms with Crippen molar-refractivity contribution in [3.63, 3.8) is 0 Å². The highest BCUT2D eigenvalue weighted by atomic mass is 19.1. The van der Waals surface area contributed by atoms with Crippen LogP contribution >= 0.6 is 0 Å². The topological polar surface area (TPSA) is 93.7 Å². The van der Waals surface area contributed by atoms with E-state index < -0.39 is 17.7 Å². The van der Waals surface area contributed by atoms with E-state index in [0.717, 1.165) is 0 Å². The number of ether oxygens (including phenoxy) is 2. The van der Waals surface area contributed by atoms with Crippen LogP contribution in [0.15, 0.2) is 65.4 Å². The average Bonchev–Trinajstić information content (AvgIpc) is 3.01. The van der Waals surface area contributed by atoms with Gasteiger partial charge in [0.25, 0.3) is 11.8 Å². The highest BCUT2D eigenvalue weighted by Gasteiger charge is 2.30. The number of benzene rings is 2. The highest BCUT2D eigenvalue weighted by Crippen LogP contribution is 2.25. The molecule has 2 amide bonds. The molecule has 0 aliphatic carbocycles. The van der Waals surface area contributed by atoms with Gasteiger partial charge in [0.15, 0.2) is 6.61 Å². The van der Waals surface area contributed by atoms with E-state index in [9.17, 15) is 18.8 Å². The molecule has 1 aliphatic heterocycles. The first-order chi connectivity index (χ1) is 14.4. The Hall–Kier alpha value is -3.94. The molecule has 1 aliphatic rings. The molecule has 0 radical (unpaired) electrons. The average molecular weight is 410 g/mol. The summed E-state index contributed by atoms with van der Waals surface area (Å²) in [5.74, 6) is -1.31. The van der Waals surface area contributed by atoms with Gasteiger partial charge in [-0.2, -0.15) is 0 Å². The van der Waals surface area contributed by atoms with Crippen molar-refractivity contribution < 1.29 is 28.2 Å². The van der Waals surface area contributed by atoms with Crippen LogP contribution in [0.4, 0.5) is 10.1 Å². The van der Waals surface area contributed by atoms with Crippen molar-refractivity contribution in [2.45, 2.75) is 6.92 Å². The van der Waals surface area contributed by atoms with Crippen molar-refractivity contribution >= 4 is 29.5 Å². The summed E-state index contributed by atoms with van der Waals surface area (Å²) in [4.78, 5) is 36.0. The minimum Gasteiger partial charge on any atom is -0.484 e. The highest BCUT2D eigenvalue weighted by molar-refractivity contribution is 6.16. The lowest BCUT2D eigenvalue weighted by molar-refractivity contribution is -0.136. The third kappa shape index (κ3) is 4.91. The molecule has 0 spiro atoms. The molecule has 7 nitrogen and oxygen atoms in total. The minimum atomic E-state index is -0.593. The summed E-state index contributed by atoms with van der Waals surface area (Å²) in [6, 6.07) is 12.1. The minimum absolute atomic E-state index is 0.195. The Kier molecular flexibility index (Phi) is 6.26. The van der Waals surface area contributed by atoms with Crippen LogP contribution in [-0.2, 0) is 19.1 Å². The molecule has 154 valence electrons. The number of anilines is 1. The summed E-state index contributed by atoms with van der Waals surface area (Å²) >= 11 is 0. The van der Waals surface area contributed by atoms with Gasteiger partial charge in [0.05, 0.1) is 18.3 Å². The molecule has 0 aromatic heterocycles. The first kappa shape index (κ1) is 20.8. The molecule has 0 unspecified atom stereocenters. The Balaban J connectivity index is 1.63. The second-order valence-corrected chi connectivity index (χ2v) is 6.42. The molecule has 0 saturated heterocycles. The van der Waals surface area contributed by atoms with Crippen molar-refractivity contribution in [1.82, 2.24) is 5.32 Å². The predicted molar refractivity (Wildman–Crippen MR) is 108 cm³/mol. The predicted octanol–water partition coefficient (Wildman–Crippen LogP) is 2.80. The van der Waals surface area contributed by atoms with Crippen molar-refractivity contribution in [2.75, 3.05) is 19.0 Å². The lowest BCUT2D eigenvalue weighted by atomic mass is 10.0. The third-order valence-electron chi connectivity index (χ3n) is 4.27. The van der Waals surface area contributed by atoms with E-state index in [2.05, 4.69) is 10.6 Å². The molecule has 30 heavy (non-hydrogen) atoms. The van der Waals surface area contributed by atoms with Gasteiger partial charge in [-0.1, -0.05) is 12.1 Å². The normalized spacial score (nSPS) is 14.5. The number of amides is 2. The van der Waals surface area contributed by atoms with E-state index in [1.807, 2.05) is 0 Å². The standard InChI is InChI=1S/C22H19FN2O5/c1-13-20(22(28)29-2)18(21(27)24-13)11-14-3-9-17(10-4-14)30-12-19(26)25-16-7-5-15(23)6-8-16/h3-11H,12H2,1-2H3,(H,24,27)(H,25,26). The number of carbonyl (C=O) groups excluding carboxylic acids is 3. The van der Waals surface area contributed by atoms with Crippen LogP contribution in [0.3, 0.4) is 0 Å². The monoisotopic (exact) mass is 410 g/mol. The van der Waals surface area contributed by atoms with Gasteiger partial charge in [-0.05, 0) is 55.0 Å². The second-order valence-electron chi connectivity index (χ2n) is 6.42. The lowest BCUT2D eigenvalue weighted by Crippen LogP contribution is -2.20. The summed E-state index contributed by atoms with van der Waals surface area (Å²) < 4.78 is 23.1. The molecule has 1 heterocycles. The number of rotatable bonds is 6. The van der Waals surface area contributed by atoms with Crippen molar-refractivity contribution in [2.24, 2.45) is 0 Å². The van der Waals surface area contributed by atoms with Gasteiger partial charge in [0.2, 0.25) is 0 Å². The van der Waals surface area contributed by atoms with Gasteiger partial charge in [-0.3, -0.25) is 9.59 Å². The second kappa shape index (κ2) is 9.04. The number of hydrogen-bond acceptors (Lipinski definition) is 5. The van der Waals surface area contributed by atoms with Crippen LogP contribution in [0.25, 0.3) is 6.08 Å². The van der Waals surface area contributed by atoms with Gasteiger partial charge in [0, 0.05) is 11.4 Å². The quantitative estimate of drug-likeness (QED) is 0.564. The lowest BCUT2D eigenvalue weighted by Gasteiger charge is -2.08. The zero-order chi connectivity index (χ0) is 21.7. The van der Waals surface area contributed by atoms with Crippen molar-refractivity contribution in [1.29, 1.82) is 0 Å². The van der Waals surface area contributed by atoms with Crippen LogP contribution < -0.4 is 15.4 Å². The maximum atomic E-state index is 12.9. The molecule has 0 fully saturated rings. The van der Waals surface area contributed by atoms with Crippen LogP contribution in [0.5, 0.6) is 5.75 Å². The van der Waals surface area contributed by atoms with Crippen LogP contribution in [0, 0.1) is 5.82 Å². The van der Waals surface area contributed by atoms with Crippen LogP contribution in [0.1, 0.15) is 12.5 Å². The van der Waals surface area contributed by atoms with E-state index in [0.29, 0.717) is 22.7 Å². The molecule has 3 rings (SSSR count). The molecule has 2 aromatic rings. The van der Waals surface area contributed by atoms with Crippen LogP contribution in [0.2, 0.25) is 0 Å². The fourth-order valence-electron chi connectivity index (χ4n) is 2.82. The molecule has 8 heteroatoms. The Labute approximate surface area is 172 Å². The molecule has 0 bridgehead atoms. The van der Waals surface area contributed by atoms with E-state index >= 15 is 0 Å². The van der Waals surface area contributed by atoms with Gasteiger partial charge in [-0.15, -0.1) is 0 Å². The molecular weight excluding hydrogens is 391 g/mol. The Morgan fingerprint density at radius 1 is 1.10 bits per heavy atom. The zero-order valence-corrected chi connectivity index (χ0v) is 16.3. The number of esters is 1. The Morgan fingerprint density at radius 2 is 1.77 bits per heavy atom. The third-order valence-corrected chi connectivity index (χ3v) is 4.27.